The number of carbonyl (C=O) groups excluding carboxylic acids is 1. The molecule has 2 aliphatic rings. The second-order valence-electron chi connectivity index (χ2n) is 9.26. The number of sulfonamides is 1. The first-order valence-corrected chi connectivity index (χ1v) is 14.2. The summed E-state index contributed by atoms with van der Waals surface area (Å²) in [5, 5.41) is 0.448. The number of ether oxygens (including phenoxy) is 2. The number of thiazole rings is 1. The highest BCUT2D eigenvalue weighted by atomic mass is 32.2. The fraction of sp³-hybridized carbons (Fsp3) is 0.440. The first kappa shape index (κ1) is 25.2. The molecular formula is C25H28FN3O5S2. The van der Waals surface area contributed by atoms with Gasteiger partial charge in [0, 0.05) is 25.3 Å². The molecule has 3 heterocycles. The van der Waals surface area contributed by atoms with Crippen LogP contribution < -0.4 is 4.90 Å². The Balaban J connectivity index is 1.42. The number of benzene rings is 2. The van der Waals surface area contributed by atoms with Gasteiger partial charge in [-0.05, 0) is 69.2 Å². The minimum absolute atomic E-state index is 0.123. The van der Waals surface area contributed by atoms with E-state index in [2.05, 4.69) is 4.98 Å². The van der Waals surface area contributed by atoms with Crippen LogP contribution >= 0.6 is 11.3 Å². The molecule has 2 aromatic carbocycles. The van der Waals surface area contributed by atoms with E-state index in [4.69, 9.17) is 9.47 Å². The van der Waals surface area contributed by atoms with Crippen LogP contribution in [0, 0.1) is 5.82 Å². The molecule has 2 fully saturated rings. The summed E-state index contributed by atoms with van der Waals surface area (Å²) in [5.41, 5.74) is 0.943. The zero-order chi connectivity index (χ0) is 25.4. The molecule has 0 N–H and O–H groups in total. The summed E-state index contributed by atoms with van der Waals surface area (Å²) in [6.07, 6.45) is 1.23. The monoisotopic (exact) mass is 533 g/mol. The van der Waals surface area contributed by atoms with Gasteiger partial charge < -0.3 is 9.47 Å². The van der Waals surface area contributed by atoms with Crippen LogP contribution in [0.5, 0.6) is 0 Å². The molecular weight excluding hydrogens is 505 g/mol. The molecule has 2 saturated heterocycles. The molecule has 8 nitrogen and oxygen atoms in total. The number of fused-ring (bicyclic) bond motifs is 1. The maximum atomic E-state index is 13.7. The Labute approximate surface area is 213 Å². The number of morpholine rings is 1. The second-order valence-corrected chi connectivity index (χ2v) is 12.2. The summed E-state index contributed by atoms with van der Waals surface area (Å²) in [6.45, 7) is 5.20. The highest BCUT2D eigenvalue weighted by molar-refractivity contribution is 7.89. The third-order valence-corrected chi connectivity index (χ3v) is 9.24. The van der Waals surface area contributed by atoms with Gasteiger partial charge in [-0.2, -0.15) is 4.31 Å². The van der Waals surface area contributed by atoms with Crippen LogP contribution in [0.15, 0.2) is 47.4 Å². The van der Waals surface area contributed by atoms with Crippen molar-refractivity contribution in [2.45, 2.75) is 49.9 Å². The molecule has 3 atom stereocenters. The lowest BCUT2D eigenvalue weighted by Crippen LogP contribution is -2.48. The lowest BCUT2D eigenvalue weighted by molar-refractivity contribution is -0.0440. The van der Waals surface area contributed by atoms with Gasteiger partial charge in [-0.15, -0.1) is 0 Å². The number of halogens is 1. The van der Waals surface area contributed by atoms with Crippen molar-refractivity contribution in [2.75, 3.05) is 31.1 Å². The molecule has 0 aliphatic carbocycles. The van der Waals surface area contributed by atoms with Crippen molar-refractivity contribution in [2.24, 2.45) is 0 Å². The molecule has 0 radical (unpaired) electrons. The van der Waals surface area contributed by atoms with E-state index in [1.54, 1.807) is 11.0 Å². The molecule has 3 unspecified atom stereocenters. The van der Waals surface area contributed by atoms with Crippen molar-refractivity contribution in [1.82, 2.24) is 9.29 Å². The minimum atomic E-state index is -3.72. The zero-order valence-corrected chi connectivity index (χ0v) is 21.7. The van der Waals surface area contributed by atoms with Crippen LogP contribution in [-0.2, 0) is 19.5 Å². The summed E-state index contributed by atoms with van der Waals surface area (Å²) < 4.78 is 53.6. The molecule has 11 heteroatoms. The van der Waals surface area contributed by atoms with Gasteiger partial charge in [-0.1, -0.05) is 11.3 Å². The van der Waals surface area contributed by atoms with Crippen molar-refractivity contribution in [3.05, 3.63) is 53.8 Å². The molecule has 0 spiro atoms. The summed E-state index contributed by atoms with van der Waals surface area (Å²) in [6, 6.07) is 10.3. The Kier molecular flexibility index (Phi) is 7.10. The van der Waals surface area contributed by atoms with Crippen molar-refractivity contribution < 1.29 is 27.1 Å². The first-order chi connectivity index (χ1) is 17.2. The van der Waals surface area contributed by atoms with Crippen LogP contribution in [0.2, 0.25) is 0 Å². The number of hydrogen-bond acceptors (Lipinski definition) is 7. The Morgan fingerprint density at radius 1 is 1.17 bits per heavy atom. The molecule has 192 valence electrons. The SMILES string of the molecule is CC1CN(S(=O)(=O)c2ccc(C(=O)N(CC3CCCO3)c3nc4ccc(F)cc4s3)cc2)CC(C)O1. The van der Waals surface area contributed by atoms with Gasteiger partial charge >= 0.3 is 0 Å². The van der Waals surface area contributed by atoms with E-state index in [1.807, 2.05) is 13.8 Å². The number of aromatic nitrogens is 1. The Hall–Kier alpha value is -2.44. The fourth-order valence-corrected chi connectivity index (χ4v) is 7.23. The number of rotatable bonds is 6. The van der Waals surface area contributed by atoms with E-state index < -0.39 is 10.0 Å². The van der Waals surface area contributed by atoms with Crippen molar-refractivity contribution in [1.29, 1.82) is 0 Å². The Morgan fingerprint density at radius 3 is 2.56 bits per heavy atom. The van der Waals surface area contributed by atoms with Gasteiger partial charge in [0.15, 0.2) is 5.13 Å². The molecule has 5 rings (SSSR count). The summed E-state index contributed by atoms with van der Waals surface area (Å²) in [4.78, 5) is 19.8. The number of hydrogen-bond donors (Lipinski definition) is 0. The molecule has 0 saturated carbocycles. The maximum absolute atomic E-state index is 13.7. The van der Waals surface area contributed by atoms with Gasteiger partial charge in [-0.3, -0.25) is 9.69 Å². The predicted molar refractivity (Wildman–Crippen MR) is 135 cm³/mol. The molecule has 1 amide bonds. The predicted octanol–water partition coefficient (Wildman–Crippen LogP) is 4.06. The van der Waals surface area contributed by atoms with Crippen molar-refractivity contribution >= 4 is 42.6 Å². The average Bonchev–Trinajstić information content (AvgIpc) is 3.51. The number of anilines is 1. The van der Waals surface area contributed by atoms with E-state index >= 15 is 0 Å². The minimum Gasteiger partial charge on any atom is -0.376 e. The van der Waals surface area contributed by atoms with E-state index in [0.717, 1.165) is 12.8 Å². The second kappa shape index (κ2) is 10.1. The lowest BCUT2D eigenvalue weighted by atomic mass is 10.2. The Morgan fingerprint density at radius 2 is 1.89 bits per heavy atom. The van der Waals surface area contributed by atoms with Crippen LogP contribution in [0.4, 0.5) is 9.52 Å². The van der Waals surface area contributed by atoms with Gasteiger partial charge in [0.05, 0.1) is 40.0 Å². The van der Waals surface area contributed by atoms with Crippen molar-refractivity contribution in [3.63, 3.8) is 0 Å². The summed E-state index contributed by atoms with van der Waals surface area (Å²) in [5.74, 6) is -0.682. The molecule has 2 aliphatic heterocycles. The maximum Gasteiger partial charge on any atom is 0.260 e. The number of carbonyl (C=O) groups is 1. The van der Waals surface area contributed by atoms with E-state index in [0.29, 0.717) is 34.1 Å². The molecule has 1 aromatic heterocycles. The Bertz CT molecular complexity index is 1350. The zero-order valence-electron chi connectivity index (χ0n) is 20.1. The number of amides is 1. The molecule has 3 aromatic rings. The third-order valence-electron chi connectivity index (χ3n) is 6.35. The largest absolute Gasteiger partial charge is 0.376 e. The summed E-state index contributed by atoms with van der Waals surface area (Å²) >= 11 is 1.24. The quantitative estimate of drug-likeness (QED) is 0.475. The third kappa shape index (κ3) is 5.16. The lowest BCUT2D eigenvalue weighted by Gasteiger charge is -2.34. The van der Waals surface area contributed by atoms with Crippen LogP contribution in [0.1, 0.15) is 37.0 Å². The molecule has 36 heavy (non-hydrogen) atoms. The van der Waals surface area contributed by atoms with Crippen molar-refractivity contribution in [3.8, 4) is 0 Å². The topological polar surface area (TPSA) is 89.0 Å². The summed E-state index contributed by atoms with van der Waals surface area (Å²) in [7, 11) is -3.72. The van der Waals surface area contributed by atoms with E-state index in [9.17, 15) is 17.6 Å². The van der Waals surface area contributed by atoms with Gasteiger partial charge in [0.25, 0.3) is 5.91 Å². The highest BCUT2D eigenvalue weighted by Gasteiger charge is 2.33. The van der Waals surface area contributed by atoms with Crippen LogP contribution in [0.3, 0.4) is 0 Å². The standard InChI is InChI=1S/C25H28FN3O5S2/c1-16-13-28(14-17(2)34-16)36(31,32)21-8-5-18(6-9-21)24(30)29(15-20-4-3-11-33-20)25-27-22-10-7-19(26)12-23(22)35-25/h5-10,12,16-17,20H,3-4,11,13-15H2,1-2H3. The van der Waals surface area contributed by atoms with Gasteiger partial charge in [0.2, 0.25) is 10.0 Å². The van der Waals surface area contributed by atoms with Gasteiger partial charge in [0.1, 0.15) is 5.82 Å². The van der Waals surface area contributed by atoms with E-state index in [1.165, 1.54) is 52.0 Å². The van der Waals surface area contributed by atoms with Gasteiger partial charge in [-0.25, -0.2) is 17.8 Å². The fourth-order valence-electron chi connectivity index (χ4n) is 4.64. The highest BCUT2D eigenvalue weighted by Crippen LogP contribution is 2.32. The average molecular weight is 534 g/mol. The smallest absolute Gasteiger partial charge is 0.260 e. The molecule has 0 bridgehead atoms. The normalized spacial score (nSPS) is 23.2. The first-order valence-electron chi connectivity index (χ1n) is 12.0. The van der Waals surface area contributed by atoms with E-state index in [-0.39, 0.29) is 48.0 Å². The van der Waals surface area contributed by atoms with Crippen LogP contribution in [-0.4, -0.2) is 68.2 Å². The number of nitrogens with zero attached hydrogens (tertiary/aromatic N) is 3. The van der Waals surface area contributed by atoms with Crippen LogP contribution in [0.25, 0.3) is 10.2 Å².